The predicted molar refractivity (Wildman–Crippen MR) is 73.5 cm³/mol. The van der Waals surface area contributed by atoms with E-state index in [4.69, 9.17) is 0 Å². The van der Waals surface area contributed by atoms with Crippen LogP contribution in [0.15, 0.2) is 6.33 Å². The van der Waals surface area contributed by atoms with Crippen LogP contribution in [-0.4, -0.2) is 22.6 Å². The molecule has 17 heavy (non-hydrogen) atoms. The Labute approximate surface area is 104 Å². The Balaban J connectivity index is 2.79. The van der Waals surface area contributed by atoms with E-state index < -0.39 is 0 Å². The Morgan fingerprint density at radius 2 is 1.88 bits per heavy atom. The monoisotopic (exact) mass is 236 g/mol. The molecule has 1 aromatic heterocycles. The minimum Gasteiger partial charge on any atom is -0.370 e. The van der Waals surface area contributed by atoms with Crippen molar-refractivity contribution in [1.29, 1.82) is 0 Å². The molecule has 0 radical (unpaired) electrons. The summed E-state index contributed by atoms with van der Waals surface area (Å²) in [4.78, 5) is 8.57. The van der Waals surface area contributed by atoms with Gasteiger partial charge in [0.15, 0.2) is 0 Å². The fourth-order valence-corrected chi connectivity index (χ4v) is 1.86. The van der Waals surface area contributed by atoms with Gasteiger partial charge in [0.25, 0.3) is 0 Å². The Hall–Kier alpha value is -1.32. The van der Waals surface area contributed by atoms with Crippen molar-refractivity contribution < 1.29 is 0 Å². The van der Waals surface area contributed by atoms with E-state index in [9.17, 15) is 0 Å². The van der Waals surface area contributed by atoms with Crippen LogP contribution in [0, 0.1) is 6.92 Å². The molecule has 1 atom stereocenters. The molecule has 2 N–H and O–H groups in total. The van der Waals surface area contributed by atoms with Crippen LogP contribution < -0.4 is 10.6 Å². The summed E-state index contributed by atoms with van der Waals surface area (Å²) in [6, 6.07) is 0.503. The molecule has 96 valence electrons. The Kier molecular flexibility index (Phi) is 5.73. The second-order valence-electron chi connectivity index (χ2n) is 4.26. The van der Waals surface area contributed by atoms with Gasteiger partial charge in [0.1, 0.15) is 18.0 Å². The Morgan fingerprint density at radius 3 is 2.47 bits per heavy atom. The first-order chi connectivity index (χ1) is 8.22. The number of nitrogens with one attached hydrogen (secondary N) is 2. The first-order valence-corrected chi connectivity index (χ1v) is 6.54. The average molecular weight is 236 g/mol. The Morgan fingerprint density at radius 1 is 1.18 bits per heavy atom. The summed E-state index contributed by atoms with van der Waals surface area (Å²) in [6.07, 6.45) is 5.10. The molecule has 0 aliphatic heterocycles. The lowest BCUT2D eigenvalue weighted by atomic mass is 10.1. The maximum Gasteiger partial charge on any atom is 0.134 e. The van der Waals surface area contributed by atoms with E-state index in [1.54, 1.807) is 6.33 Å². The highest BCUT2D eigenvalue weighted by atomic mass is 15.1. The smallest absolute Gasteiger partial charge is 0.134 e. The fraction of sp³-hybridized carbons (Fsp3) is 0.692. The maximum absolute atomic E-state index is 4.33. The van der Waals surface area contributed by atoms with Gasteiger partial charge in [-0.3, -0.25) is 0 Å². The molecule has 0 saturated heterocycles. The van der Waals surface area contributed by atoms with Crippen LogP contribution in [0.2, 0.25) is 0 Å². The quantitative estimate of drug-likeness (QED) is 0.763. The van der Waals surface area contributed by atoms with Gasteiger partial charge in [-0.15, -0.1) is 0 Å². The van der Waals surface area contributed by atoms with E-state index in [1.807, 2.05) is 0 Å². The third kappa shape index (κ3) is 3.88. The summed E-state index contributed by atoms with van der Waals surface area (Å²) < 4.78 is 0. The summed E-state index contributed by atoms with van der Waals surface area (Å²) in [7, 11) is 0. The summed E-state index contributed by atoms with van der Waals surface area (Å²) >= 11 is 0. The second-order valence-corrected chi connectivity index (χ2v) is 4.26. The van der Waals surface area contributed by atoms with Crippen molar-refractivity contribution in [3.05, 3.63) is 11.9 Å². The van der Waals surface area contributed by atoms with Crippen molar-refractivity contribution in [2.75, 3.05) is 17.2 Å². The van der Waals surface area contributed by atoms with Gasteiger partial charge in [0.2, 0.25) is 0 Å². The number of rotatable bonds is 7. The molecule has 0 aliphatic carbocycles. The molecule has 1 unspecified atom stereocenters. The summed E-state index contributed by atoms with van der Waals surface area (Å²) in [5.41, 5.74) is 1.10. The van der Waals surface area contributed by atoms with E-state index >= 15 is 0 Å². The highest BCUT2D eigenvalue weighted by Crippen LogP contribution is 2.20. The van der Waals surface area contributed by atoms with E-state index in [1.165, 1.54) is 12.8 Å². The molecule has 0 bridgehead atoms. The van der Waals surface area contributed by atoms with Crippen molar-refractivity contribution >= 4 is 11.6 Å². The molecule has 0 spiro atoms. The number of anilines is 2. The summed E-state index contributed by atoms with van der Waals surface area (Å²) in [5.74, 6) is 1.88. The number of hydrogen-bond acceptors (Lipinski definition) is 4. The van der Waals surface area contributed by atoms with Gasteiger partial charge in [0, 0.05) is 18.2 Å². The van der Waals surface area contributed by atoms with Crippen LogP contribution >= 0.6 is 0 Å². The van der Waals surface area contributed by atoms with Crippen molar-refractivity contribution in [3.8, 4) is 0 Å². The number of aromatic nitrogens is 2. The standard InChI is InChI=1S/C13H24N4/c1-5-8-11(6-2)17-13-10(4)12(14-7-3)15-9-16-13/h9,11H,5-8H2,1-4H3,(H2,14,15,16,17). The molecule has 0 aliphatic rings. The first kappa shape index (κ1) is 13.7. The van der Waals surface area contributed by atoms with Gasteiger partial charge < -0.3 is 10.6 Å². The second kappa shape index (κ2) is 7.09. The van der Waals surface area contributed by atoms with Crippen LogP contribution in [0.5, 0.6) is 0 Å². The highest BCUT2D eigenvalue weighted by Gasteiger charge is 2.10. The van der Waals surface area contributed by atoms with Gasteiger partial charge in [-0.25, -0.2) is 9.97 Å². The van der Waals surface area contributed by atoms with Crippen molar-refractivity contribution in [2.24, 2.45) is 0 Å². The molecule has 0 amide bonds. The van der Waals surface area contributed by atoms with Crippen LogP contribution in [-0.2, 0) is 0 Å². The molecular formula is C13H24N4. The SMILES string of the molecule is CCCC(CC)Nc1ncnc(NCC)c1C. The van der Waals surface area contributed by atoms with E-state index in [0.717, 1.165) is 30.2 Å². The molecule has 0 saturated carbocycles. The number of hydrogen-bond donors (Lipinski definition) is 2. The molecular weight excluding hydrogens is 212 g/mol. The normalized spacial score (nSPS) is 12.2. The zero-order chi connectivity index (χ0) is 12.7. The molecule has 4 nitrogen and oxygen atoms in total. The lowest BCUT2D eigenvalue weighted by molar-refractivity contribution is 0.619. The minimum atomic E-state index is 0.503. The zero-order valence-electron chi connectivity index (χ0n) is 11.4. The molecule has 0 fully saturated rings. The van der Waals surface area contributed by atoms with Crippen molar-refractivity contribution in [2.45, 2.75) is 53.0 Å². The molecule has 1 aromatic rings. The topological polar surface area (TPSA) is 49.8 Å². The van der Waals surface area contributed by atoms with Crippen LogP contribution in [0.4, 0.5) is 11.6 Å². The maximum atomic E-state index is 4.33. The summed E-state index contributed by atoms with van der Waals surface area (Å²) in [5, 5.41) is 6.75. The van der Waals surface area contributed by atoms with Crippen molar-refractivity contribution in [3.63, 3.8) is 0 Å². The van der Waals surface area contributed by atoms with Crippen LogP contribution in [0.1, 0.15) is 45.6 Å². The largest absolute Gasteiger partial charge is 0.370 e. The molecule has 1 heterocycles. The third-order valence-electron chi connectivity index (χ3n) is 2.90. The van der Waals surface area contributed by atoms with E-state index in [-0.39, 0.29) is 0 Å². The van der Waals surface area contributed by atoms with Gasteiger partial charge in [0.05, 0.1) is 0 Å². The van der Waals surface area contributed by atoms with Crippen molar-refractivity contribution in [1.82, 2.24) is 9.97 Å². The minimum absolute atomic E-state index is 0.503. The lowest BCUT2D eigenvalue weighted by Crippen LogP contribution is -2.20. The average Bonchev–Trinajstić information content (AvgIpc) is 2.33. The van der Waals surface area contributed by atoms with Gasteiger partial charge in [-0.2, -0.15) is 0 Å². The number of nitrogens with zero attached hydrogens (tertiary/aromatic N) is 2. The zero-order valence-corrected chi connectivity index (χ0v) is 11.4. The fourth-order valence-electron chi connectivity index (χ4n) is 1.86. The molecule has 0 aromatic carbocycles. The van der Waals surface area contributed by atoms with Gasteiger partial charge in [-0.1, -0.05) is 20.3 Å². The third-order valence-corrected chi connectivity index (χ3v) is 2.90. The van der Waals surface area contributed by atoms with Crippen LogP contribution in [0.25, 0.3) is 0 Å². The Bertz CT molecular complexity index is 338. The van der Waals surface area contributed by atoms with E-state index in [0.29, 0.717) is 6.04 Å². The lowest BCUT2D eigenvalue weighted by Gasteiger charge is -2.19. The van der Waals surface area contributed by atoms with Crippen LogP contribution in [0.3, 0.4) is 0 Å². The molecule has 4 heteroatoms. The summed E-state index contributed by atoms with van der Waals surface area (Å²) in [6.45, 7) is 9.42. The van der Waals surface area contributed by atoms with Gasteiger partial charge >= 0.3 is 0 Å². The van der Waals surface area contributed by atoms with E-state index in [2.05, 4.69) is 48.3 Å². The first-order valence-electron chi connectivity index (χ1n) is 6.54. The predicted octanol–water partition coefficient (Wildman–Crippen LogP) is 3.21. The highest BCUT2D eigenvalue weighted by molar-refractivity contribution is 5.56. The van der Waals surface area contributed by atoms with Gasteiger partial charge in [-0.05, 0) is 26.7 Å². The molecule has 1 rings (SSSR count).